The average Bonchev–Trinajstić information content (AvgIpc) is 3.11. The second-order valence-electron chi connectivity index (χ2n) is 10.6. The standard InChI is InChI=1S/C28H42O8/c1-8-11-22(31)35-23-17(5)27(7,13-12-16(4)9-2)21-15-19(30)14-20-25(33-10-3)36-26(34-18(6)29)28(20,21)24(23)32/h9,12,14,17,19,21,23-26,30,32H,2,8,10-11,13,15H2,1,3-7H3/b16-12+/t17-,19+,21+,23-,24+,25-,26-,27-,28-/m1/s1. The fourth-order valence-electron chi connectivity index (χ4n) is 6.44. The first-order valence-electron chi connectivity index (χ1n) is 13.0. The van der Waals surface area contributed by atoms with Gasteiger partial charge in [0.05, 0.1) is 11.5 Å². The zero-order chi connectivity index (χ0) is 26.8. The van der Waals surface area contributed by atoms with E-state index in [4.69, 9.17) is 18.9 Å². The number of carbonyl (C=O) groups excluding carboxylic acids is 2. The first-order valence-corrected chi connectivity index (χ1v) is 13.0. The predicted molar refractivity (Wildman–Crippen MR) is 133 cm³/mol. The van der Waals surface area contributed by atoms with Crippen LogP contribution in [0.15, 0.2) is 36.0 Å². The number of ether oxygens (including phenoxy) is 4. The predicted octanol–water partition coefficient (Wildman–Crippen LogP) is 3.81. The second kappa shape index (κ2) is 11.2. The van der Waals surface area contributed by atoms with Crippen LogP contribution in [-0.4, -0.2) is 59.7 Å². The van der Waals surface area contributed by atoms with Crippen molar-refractivity contribution in [1.82, 2.24) is 0 Å². The van der Waals surface area contributed by atoms with Gasteiger partial charge in [-0.1, -0.05) is 51.2 Å². The molecule has 0 unspecified atom stereocenters. The van der Waals surface area contributed by atoms with Crippen LogP contribution in [-0.2, 0) is 28.5 Å². The van der Waals surface area contributed by atoms with Gasteiger partial charge in [0.2, 0.25) is 6.29 Å². The average molecular weight is 507 g/mol. The third kappa shape index (κ3) is 4.80. The lowest BCUT2D eigenvalue weighted by molar-refractivity contribution is -0.277. The van der Waals surface area contributed by atoms with Crippen molar-refractivity contribution in [3.63, 3.8) is 0 Å². The zero-order valence-electron chi connectivity index (χ0n) is 22.4. The largest absolute Gasteiger partial charge is 0.459 e. The number of aliphatic hydroxyl groups is 2. The van der Waals surface area contributed by atoms with Crippen molar-refractivity contribution < 1.29 is 38.7 Å². The molecule has 1 spiro atoms. The maximum absolute atomic E-state index is 12.7. The summed E-state index contributed by atoms with van der Waals surface area (Å²) in [5.74, 6) is -1.62. The Bertz CT molecular complexity index is 909. The van der Waals surface area contributed by atoms with Gasteiger partial charge in [-0.05, 0) is 50.0 Å². The number of hydrogen-bond acceptors (Lipinski definition) is 8. The summed E-state index contributed by atoms with van der Waals surface area (Å²) in [6.07, 6.45) is 2.20. The topological polar surface area (TPSA) is 112 Å². The zero-order valence-corrected chi connectivity index (χ0v) is 22.4. The molecule has 3 aliphatic rings. The van der Waals surface area contributed by atoms with E-state index < -0.39 is 53.7 Å². The van der Waals surface area contributed by atoms with Gasteiger partial charge in [0.25, 0.3) is 0 Å². The summed E-state index contributed by atoms with van der Waals surface area (Å²) in [7, 11) is 0. The summed E-state index contributed by atoms with van der Waals surface area (Å²) in [5, 5.41) is 23.0. The smallest absolute Gasteiger partial charge is 0.306 e. The van der Waals surface area contributed by atoms with E-state index >= 15 is 0 Å². The van der Waals surface area contributed by atoms with E-state index in [1.165, 1.54) is 6.92 Å². The highest BCUT2D eigenvalue weighted by Crippen LogP contribution is 2.67. The highest BCUT2D eigenvalue weighted by Gasteiger charge is 2.73. The van der Waals surface area contributed by atoms with Gasteiger partial charge in [-0.15, -0.1) is 0 Å². The Kier molecular flexibility index (Phi) is 8.87. The van der Waals surface area contributed by atoms with Gasteiger partial charge in [0.1, 0.15) is 12.2 Å². The van der Waals surface area contributed by atoms with Crippen molar-refractivity contribution in [3.8, 4) is 0 Å². The number of hydrogen-bond donors (Lipinski definition) is 2. The number of allylic oxidation sites excluding steroid dienone is 3. The second-order valence-corrected chi connectivity index (χ2v) is 10.6. The van der Waals surface area contributed by atoms with Crippen LogP contribution in [0, 0.1) is 22.7 Å². The molecule has 0 bridgehead atoms. The molecule has 8 heteroatoms. The van der Waals surface area contributed by atoms with Crippen LogP contribution in [0.25, 0.3) is 0 Å². The van der Waals surface area contributed by atoms with Crippen molar-refractivity contribution in [3.05, 3.63) is 36.0 Å². The molecular weight excluding hydrogens is 464 g/mol. The van der Waals surface area contributed by atoms with Crippen molar-refractivity contribution in [2.75, 3.05) is 6.61 Å². The molecule has 1 saturated carbocycles. The summed E-state index contributed by atoms with van der Waals surface area (Å²) >= 11 is 0. The molecule has 202 valence electrons. The molecule has 2 N–H and O–H groups in total. The Balaban J connectivity index is 2.25. The minimum Gasteiger partial charge on any atom is -0.459 e. The molecule has 2 fully saturated rings. The van der Waals surface area contributed by atoms with Crippen LogP contribution < -0.4 is 0 Å². The SMILES string of the molecule is C=C/C(C)=C/C[C@]1(C)[C@H](C)[C@@H](OC(=O)CCC)[C@H](O)[C@@]23C(=C[C@H](O)C[C@@H]12)[C@H](OCC)O[C@H]3OC(C)=O. The van der Waals surface area contributed by atoms with Gasteiger partial charge in [-0.2, -0.15) is 0 Å². The molecule has 3 rings (SSSR count). The van der Waals surface area contributed by atoms with E-state index in [2.05, 4.69) is 19.6 Å². The maximum Gasteiger partial charge on any atom is 0.306 e. The lowest BCUT2D eigenvalue weighted by Crippen LogP contribution is -2.68. The summed E-state index contributed by atoms with van der Waals surface area (Å²) in [5.41, 5.74) is -0.323. The van der Waals surface area contributed by atoms with E-state index in [9.17, 15) is 19.8 Å². The molecule has 0 radical (unpaired) electrons. The molecule has 8 nitrogen and oxygen atoms in total. The van der Waals surface area contributed by atoms with Gasteiger partial charge in [0, 0.05) is 25.9 Å². The lowest BCUT2D eigenvalue weighted by Gasteiger charge is -2.62. The van der Waals surface area contributed by atoms with Crippen LogP contribution in [0.5, 0.6) is 0 Å². The van der Waals surface area contributed by atoms with Crippen LogP contribution in [0.4, 0.5) is 0 Å². The summed E-state index contributed by atoms with van der Waals surface area (Å²) in [6, 6.07) is 0. The van der Waals surface area contributed by atoms with Gasteiger partial charge < -0.3 is 29.2 Å². The third-order valence-corrected chi connectivity index (χ3v) is 8.45. The highest BCUT2D eigenvalue weighted by atomic mass is 16.8. The van der Waals surface area contributed by atoms with Crippen molar-refractivity contribution in [1.29, 1.82) is 0 Å². The van der Waals surface area contributed by atoms with Gasteiger partial charge >= 0.3 is 11.9 Å². The number of carbonyl (C=O) groups is 2. The van der Waals surface area contributed by atoms with Crippen molar-refractivity contribution in [2.45, 2.75) is 98.1 Å². The first-order chi connectivity index (χ1) is 17.0. The van der Waals surface area contributed by atoms with E-state index in [1.54, 1.807) is 12.2 Å². The van der Waals surface area contributed by atoms with Crippen LogP contribution in [0.1, 0.15) is 67.2 Å². The minimum atomic E-state index is -1.26. The minimum absolute atomic E-state index is 0.228. The fraction of sp³-hybridized carbons (Fsp3) is 0.714. The van der Waals surface area contributed by atoms with E-state index in [1.807, 2.05) is 27.7 Å². The third-order valence-electron chi connectivity index (χ3n) is 8.45. The fourth-order valence-corrected chi connectivity index (χ4v) is 6.44. The summed E-state index contributed by atoms with van der Waals surface area (Å²) in [4.78, 5) is 24.9. The highest BCUT2D eigenvalue weighted by molar-refractivity contribution is 5.69. The molecule has 0 amide bonds. The lowest BCUT2D eigenvalue weighted by atomic mass is 9.44. The Morgan fingerprint density at radius 1 is 1.25 bits per heavy atom. The van der Waals surface area contributed by atoms with E-state index in [-0.39, 0.29) is 18.3 Å². The first kappa shape index (κ1) is 28.6. The number of aliphatic hydroxyl groups excluding tert-OH is 2. The monoisotopic (exact) mass is 506 g/mol. The quantitative estimate of drug-likeness (QED) is 0.276. The maximum atomic E-state index is 12.7. The molecule has 0 aromatic carbocycles. The Morgan fingerprint density at radius 3 is 2.53 bits per heavy atom. The van der Waals surface area contributed by atoms with Crippen LogP contribution in [0.2, 0.25) is 0 Å². The van der Waals surface area contributed by atoms with Crippen LogP contribution >= 0.6 is 0 Å². The molecule has 1 aliphatic heterocycles. The molecule has 36 heavy (non-hydrogen) atoms. The van der Waals surface area contributed by atoms with Gasteiger partial charge in [-0.25, -0.2) is 0 Å². The van der Waals surface area contributed by atoms with Crippen molar-refractivity contribution in [2.24, 2.45) is 22.7 Å². The number of rotatable bonds is 9. The van der Waals surface area contributed by atoms with Crippen LogP contribution in [0.3, 0.4) is 0 Å². The number of esters is 2. The molecule has 1 saturated heterocycles. The normalized spacial score (nSPS) is 40.1. The Labute approximate surface area is 214 Å². The molecule has 9 atom stereocenters. The molecule has 0 aromatic rings. The Hall–Kier alpha value is -2.00. The molecule has 0 aromatic heterocycles. The molecular formula is C28H42O8. The molecule has 2 aliphatic carbocycles. The van der Waals surface area contributed by atoms with E-state index in [0.717, 1.165) is 5.57 Å². The Morgan fingerprint density at radius 2 is 1.94 bits per heavy atom. The molecule has 1 heterocycles. The van der Waals surface area contributed by atoms with Gasteiger partial charge in [-0.3, -0.25) is 9.59 Å². The van der Waals surface area contributed by atoms with E-state index in [0.29, 0.717) is 31.4 Å². The summed E-state index contributed by atoms with van der Waals surface area (Å²) < 4.78 is 23.7. The summed E-state index contributed by atoms with van der Waals surface area (Å²) in [6.45, 7) is 15.2. The van der Waals surface area contributed by atoms with Gasteiger partial charge in [0.15, 0.2) is 6.29 Å². The van der Waals surface area contributed by atoms with Crippen molar-refractivity contribution >= 4 is 11.9 Å².